The summed E-state index contributed by atoms with van der Waals surface area (Å²) in [6.45, 7) is 3.99. The van der Waals surface area contributed by atoms with Gasteiger partial charge in [-0.2, -0.15) is 0 Å². The summed E-state index contributed by atoms with van der Waals surface area (Å²) in [7, 11) is 1.64. The first-order valence-corrected chi connectivity index (χ1v) is 6.79. The highest BCUT2D eigenvalue weighted by Crippen LogP contribution is 2.22. The summed E-state index contributed by atoms with van der Waals surface area (Å²) >= 11 is 0. The molecule has 0 saturated carbocycles. The molecule has 1 aromatic heterocycles. The summed E-state index contributed by atoms with van der Waals surface area (Å²) in [6, 6.07) is 11.4. The number of methoxy groups -OCH3 is 1. The van der Waals surface area contributed by atoms with Gasteiger partial charge in [-0.25, -0.2) is 4.98 Å². The second kappa shape index (κ2) is 7.50. The van der Waals surface area contributed by atoms with Crippen LogP contribution in [0, 0.1) is 0 Å². The van der Waals surface area contributed by atoms with Crippen LogP contribution in [0.5, 0.6) is 17.4 Å². The monoisotopic (exact) mass is 272 g/mol. The lowest BCUT2D eigenvalue weighted by molar-refractivity contribution is 0.412. The molecule has 4 heteroatoms. The summed E-state index contributed by atoms with van der Waals surface area (Å²) < 4.78 is 10.8. The standard InChI is InChI=1S/C16H20N2O2/c1-3-9-17-12-13-8-10-18-16(11-13)20-15-6-4-14(19-2)5-7-15/h4-8,10-11,17H,3,9,12H2,1-2H3. The third-order valence-electron chi connectivity index (χ3n) is 2.84. The fourth-order valence-electron chi connectivity index (χ4n) is 1.79. The van der Waals surface area contributed by atoms with E-state index in [9.17, 15) is 0 Å². The van der Waals surface area contributed by atoms with Crippen molar-refractivity contribution in [2.24, 2.45) is 0 Å². The number of nitrogens with one attached hydrogen (secondary N) is 1. The first kappa shape index (κ1) is 14.3. The zero-order valence-electron chi connectivity index (χ0n) is 11.9. The largest absolute Gasteiger partial charge is 0.497 e. The van der Waals surface area contributed by atoms with Crippen molar-refractivity contribution >= 4 is 0 Å². The van der Waals surface area contributed by atoms with E-state index in [0.29, 0.717) is 5.88 Å². The summed E-state index contributed by atoms with van der Waals surface area (Å²) in [5.41, 5.74) is 1.16. The molecular formula is C16H20N2O2. The van der Waals surface area contributed by atoms with E-state index >= 15 is 0 Å². The van der Waals surface area contributed by atoms with Crippen LogP contribution in [0.1, 0.15) is 18.9 Å². The van der Waals surface area contributed by atoms with Crippen molar-refractivity contribution in [2.75, 3.05) is 13.7 Å². The molecule has 0 saturated heterocycles. The van der Waals surface area contributed by atoms with E-state index in [1.54, 1.807) is 13.3 Å². The molecule has 0 aliphatic rings. The normalized spacial score (nSPS) is 10.3. The first-order chi connectivity index (χ1) is 9.81. The lowest BCUT2D eigenvalue weighted by atomic mass is 10.2. The third-order valence-corrected chi connectivity index (χ3v) is 2.84. The smallest absolute Gasteiger partial charge is 0.219 e. The van der Waals surface area contributed by atoms with Crippen molar-refractivity contribution in [3.63, 3.8) is 0 Å². The molecule has 0 atom stereocenters. The van der Waals surface area contributed by atoms with Crippen molar-refractivity contribution in [1.29, 1.82) is 0 Å². The number of hydrogen-bond acceptors (Lipinski definition) is 4. The van der Waals surface area contributed by atoms with E-state index < -0.39 is 0 Å². The average molecular weight is 272 g/mol. The number of ether oxygens (including phenoxy) is 2. The Bertz CT molecular complexity index is 526. The number of aromatic nitrogens is 1. The molecule has 1 aromatic carbocycles. The van der Waals surface area contributed by atoms with Gasteiger partial charge in [-0.15, -0.1) is 0 Å². The maximum atomic E-state index is 5.73. The van der Waals surface area contributed by atoms with Crippen LogP contribution < -0.4 is 14.8 Å². The zero-order chi connectivity index (χ0) is 14.2. The number of nitrogens with zero attached hydrogens (tertiary/aromatic N) is 1. The molecule has 0 radical (unpaired) electrons. The van der Waals surface area contributed by atoms with Crippen LogP contribution in [0.3, 0.4) is 0 Å². The second-order valence-corrected chi connectivity index (χ2v) is 4.46. The highest BCUT2D eigenvalue weighted by Gasteiger charge is 2.01. The van der Waals surface area contributed by atoms with E-state index in [0.717, 1.165) is 36.6 Å². The lowest BCUT2D eigenvalue weighted by Crippen LogP contribution is -2.13. The van der Waals surface area contributed by atoms with Crippen LogP contribution >= 0.6 is 0 Å². The summed E-state index contributed by atoms with van der Waals surface area (Å²) in [4.78, 5) is 4.22. The maximum Gasteiger partial charge on any atom is 0.219 e. The predicted octanol–water partition coefficient (Wildman–Crippen LogP) is 3.38. The Kier molecular flexibility index (Phi) is 5.38. The Hall–Kier alpha value is -2.07. The molecule has 0 amide bonds. The summed E-state index contributed by atoms with van der Waals surface area (Å²) in [5, 5.41) is 3.36. The van der Waals surface area contributed by atoms with Gasteiger partial charge < -0.3 is 14.8 Å². The SMILES string of the molecule is CCCNCc1ccnc(Oc2ccc(OC)cc2)c1. The highest BCUT2D eigenvalue weighted by molar-refractivity contribution is 5.34. The second-order valence-electron chi connectivity index (χ2n) is 4.46. The van der Waals surface area contributed by atoms with Crippen molar-refractivity contribution < 1.29 is 9.47 Å². The van der Waals surface area contributed by atoms with E-state index in [2.05, 4.69) is 17.2 Å². The minimum absolute atomic E-state index is 0.603. The minimum atomic E-state index is 0.603. The maximum absolute atomic E-state index is 5.73. The molecule has 0 bridgehead atoms. The molecule has 0 aliphatic heterocycles. The quantitative estimate of drug-likeness (QED) is 0.785. The van der Waals surface area contributed by atoms with Gasteiger partial charge in [-0.05, 0) is 48.9 Å². The molecule has 4 nitrogen and oxygen atoms in total. The number of benzene rings is 1. The molecule has 2 rings (SSSR count). The van der Waals surface area contributed by atoms with Crippen LogP contribution in [-0.2, 0) is 6.54 Å². The van der Waals surface area contributed by atoms with Gasteiger partial charge in [0.2, 0.25) is 5.88 Å². The summed E-state index contributed by atoms with van der Waals surface area (Å²) in [6.07, 6.45) is 2.89. The molecule has 0 unspecified atom stereocenters. The van der Waals surface area contributed by atoms with Gasteiger partial charge in [0.1, 0.15) is 11.5 Å². The molecule has 20 heavy (non-hydrogen) atoms. The van der Waals surface area contributed by atoms with Gasteiger partial charge in [0.25, 0.3) is 0 Å². The average Bonchev–Trinajstić information content (AvgIpc) is 2.49. The molecule has 1 N–H and O–H groups in total. The van der Waals surface area contributed by atoms with E-state index in [-0.39, 0.29) is 0 Å². The number of pyridine rings is 1. The van der Waals surface area contributed by atoms with Gasteiger partial charge in [0, 0.05) is 18.8 Å². The Morgan fingerprint density at radius 1 is 1.10 bits per heavy atom. The van der Waals surface area contributed by atoms with E-state index in [4.69, 9.17) is 9.47 Å². The van der Waals surface area contributed by atoms with Crippen molar-refractivity contribution in [1.82, 2.24) is 10.3 Å². The summed E-state index contributed by atoms with van der Waals surface area (Å²) in [5.74, 6) is 2.16. The molecular weight excluding hydrogens is 252 g/mol. The van der Waals surface area contributed by atoms with Crippen molar-refractivity contribution in [3.05, 3.63) is 48.2 Å². The Labute approximate surface area is 119 Å². The van der Waals surface area contributed by atoms with Gasteiger partial charge >= 0.3 is 0 Å². The topological polar surface area (TPSA) is 43.4 Å². The zero-order valence-corrected chi connectivity index (χ0v) is 11.9. The van der Waals surface area contributed by atoms with Gasteiger partial charge in [0.15, 0.2) is 0 Å². The molecule has 106 valence electrons. The van der Waals surface area contributed by atoms with Crippen LogP contribution in [0.2, 0.25) is 0 Å². The van der Waals surface area contributed by atoms with E-state index in [1.165, 1.54) is 0 Å². The molecule has 0 fully saturated rings. The Morgan fingerprint density at radius 3 is 2.55 bits per heavy atom. The Balaban J connectivity index is 1.99. The van der Waals surface area contributed by atoms with Gasteiger partial charge in [-0.1, -0.05) is 6.92 Å². The Morgan fingerprint density at radius 2 is 1.85 bits per heavy atom. The number of rotatable bonds is 7. The number of hydrogen-bond donors (Lipinski definition) is 1. The molecule has 0 aliphatic carbocycles. The fraction of sp³-hybridized carbons (Fsp3) is 0.312. The van der Waals surface area contributed by atoms with Gasteiger partial charge in [-0.3, -0.25) is 0 Å². The van der Waals surface area contributed by atoms with Crippen LogP contribution in [-0.4, -0.2) is 18.6 Å². The third kappa shape index (κ3) is 4.24. The lowest BCUT2D eigenvalue weighted by Gasteiger charge is -2.08. The van der Waals surface area contributed by atoms with Crippen LogP contribution in [0.15, 0.2) is 42.6 Å². The molecule has 0 spiro atoms. The van der Waals surface area contributed by atoms with Gasteiger partial charge in [0.05, 0.1) is 7.11 Å². The van der Waals surface area contributed by atoms with Crippen LogP contribution in [0.25, 0.3) is 0 Å². The first-order valence-electron chi connectivity index (χ1n) is 6.79. The minimum Gasteiger partial charge on any atom is -0.497 e. The van der Waals surface area contributed by atoms with E-state index in [1.807, 2.05) is 36.4 Å². The predicted molar refractivity (Wildman–Crippen MR) is 79.3 cm³/mol. The fourth-order valence-corrected chi connectivity index (χ4v) is 1.79. The molecule has 1 heterocycles. The molecule has 2 aromatic rings. The van der Waals surface area contributed by atoms with Crippen molar-refractivity contribution in [3.8, 4) is 17.4 Å². The van der Waals surface area contributed by atoms with Crippen LogP contribution in [0.4, 0.5) is 0 Å². The van der Waals surface area contributed by atoms with Crippen molar-refractivity contribution in [2.45, 2.75) is 19.9 Å². The highest BCUT2D eigenvalue weighted by atomic mass is 16.5.